The summed E-state index contributed by atoms with van der Waals surface area (Å²) in [6, 6.07) is 7.98. The predicted octanol–water partition coefficient (Wildman–Crippen LogP) is -0.970. The van der Waals surface area contributed by atoms with Crippen LogP contribution in [-0.4, -0.2) is 22.2 Å². The summed E-state index contributed by atoms with van der Waals surface area (Å²) in [6.45, 7) is 2.06. The van der Waals surface area contributed by atoms with E-state index in [2.05, 4.69) is 4.90 Å². The first-order chi connectivity index (χ1) is 14.4. The Kier molecular flexibility index (Phi) is 7.47. The van der Waals surface area contributed by atoms with E-state index in [1.54, 1.807) is 0 Å². The molecule has 9 heteroatoms. The normalized spacial score (nSPS) is 15.5. The summed E-state index contributed by atoms with van der Waals surface area (Å²) in [6.07, 6.45) is 3.89. The maximum Gasteiger partial charge on any atom is 1.00 e. The van der Waals surface area contributed by atoms with Crippen LogP contribution in [0.5, 0.6) is 0 Å². The topological polar surface area (TPSA) is 94.8 Å². The van der Waals surface area contributed by atoms with E-state index < -0.39 is 23.0 Å². The van der Waals surface area contributed by atoms with Crippen LogP contribution in [0.3, 0.4) is 0 Å². The molecule has 1 unspecified atom stereocenters. The smallest absolute Gasteiger partial charge is 0.371 e. The Morgan fingerprint density at radius 2 is 1.48 bits per heavy atom. The molecule has 1 aromatic heterocycles. The Balaban J connectivity index is 0.00000272. The molecule has 0 N–H and O–H groups in total. The van der Waals surface area contributed by atoms with Crippen LogP contribution in [0.25, 0.3) is 0 Å². The van der Waals surface area contributed by atoms with Crippen molar-refractivity contribution in [2.45, 2.75) is 31.6 Å². The summed E-state index contributed by atoms with van der Waals surface area (Å²) in [5, 5.41) is 19.4. The maximum atomic E-state index is 13.1. The Morgan fingerprint density at radius 1 is 1.00 bits per heavy atom. The summed E-state index contributed by atoms with van der Waals surface area (Å²) in [4.78, 5) is 28.5. The fraction of sp³-hybridized carbons (Fsp3) is 0.455. The summed E-state index contributed by atoms with van der Waals surface area (Å²) in [5.74, 6) is -2.08. The number of hydrogen-bond acceptors (Lipinski definition) is 6. The first-order valence-electron chi connectivity index (χ1n) is 10.1. The zero-order chi connectivity index (χ0) is 21.6. The Bertz CT molecular complexity index is 1210. The number of rotatable bonds is 3. The fourth-order valence-corrected chi connectivity index (χ4v) is 5.00. The van der Waals surface area contributed by atoms with Gasteiger partial charge in [-0.15, -0.1) is 0 Å². The van der Waals surface area contributed by atoms with Crippen molar-refractivity contribution in [1.82, 2.24) is 9.13 Å². The minimum absolute atomic E-state index is 0. The van der Waals surface area contributed by atoms with Gasteiger partial charge in [0.1, 0.15) is 17.0 Å². The second-order valence-electron chi connectivity index (χ2n) is 8.02. The van der Waals surface area contributed by atoms with E-state index in [-0.39, 0.29) is 61.7 Å². The van der Waals surface area contributed by atoms with E-state index in [1.807, 2.05) is 24.3 Å². The minimum Gasteiger partial charge on any atom is -0.371 e. The van der Waals surface area contributed by atoms with E-state index in [9.17, 15) is 20.1 Å². The van der Waals surface area contributed by atoms with E-state index in [0.717, 1.165) is 38.8 Å². The van der Waals surface area contributed by atoms with E-state index >= 15 is 0 Å². The van der Waals surface area contributed by atoms with Crippen molar-refractivity contribution >= 4 is 17.9 Å². The number of anilines is 1. The van der Waals surface area contributed by atoms with Gasteiger partial charge in [0.15, 0.2) is 4.77 Å². The molecule has 4 rings (SSSR count). The van der Waals surface area contributed by atoms with Gasteiger partial charge >= 0.3 is 51.4 Å². The molecule has 1 aromatic carbocycles. The summed E-state index contributed by atoms with van der Waals surface area (Å²) >= 11 is 5.19. The van der Waals surface area contributed by atoms with Gasteiger partial charge in [-0.25, -0.2) is 0 Å². The third-order valence-electron chi connectivity index (χ3n) is 6.28. The van der Waals surface area contributed by atoms with Crippen LogP contribution in [0.4, 0.5) is 5.69 Å². The number of aromatic nitrogens is 2. The molecule has 1 atom stereocenters. The quantitative estimate of drug-likeness (QED) is 0.333. The third-order valence-corrected chi connectivity index (χ3v) is 6.83. The average Bonchev–Trinajstić information content (AvgIpc) is 2.76. The van der Waals surface area contributed by atoms with Gasteiger partial charge in [-0.05, 0) is 49.0 Å². The van der Waals surface area contributed by atoms with E-state index in [4.69, 9.17) is 12.2 Å². The molecule has 0 fully saturated rings. The SMILES string of the molecule is Cn1c(=O)[c-](C(c2cc3c4c(c2)CCCN4CCC3)C(C#N)C#N)c(=O)n(C)c1=S.[K+]. The van der Waals surface area contributed by atoms with Crippen LogP contribution in [0.2, 0.25) is 0 Å². The largest absolute Gasteiger partial charge is 1.00 e. The molecular formula is C22H22KN5O2S. The summed E-state index contributed by atoms with van der Waals surface area (Å²) in [7, 11) is 3.01. The molecule has 0 spiro atoms. The van der Waals surface area contributed by atoms with Gasteiger partial charge in [0, 0.05) is 32.9 Å². The van der Waals surface area contributed by atoms with Crippen LogP contribution < -0.4 is 67.4 Å². The van der Waals surface area contributed by atoms with Gasteiger partial charge in [0.2, 0.25) is 0 Å². The number of benzene rings is 1. The third kappa shape index (κ3) is 4.04. The van der Waals surface area contributed by atoms with Crippen molar-refractivity contribution in [1.29, 1.82) is 10.5 Å². The van der Waals surface area contributed by atoms with Crippen LogP contribution in [-0.2, 0) is 26.9 Å². The Labute approximate surface area is 228 Å². The second-order valence-corrected chi connectivity index (χ2v) is 8.39. The molecular weight excluding hydrogens is 437 g/mol. The molecule has 2 aliphatic rings. The number of aryl methyl sites for hydroxylation is 2. The first kappa shape index (κ1) is 24.2. The van der Waals surface area contributed by atoms with Gasteiger partial charge in [0.05, 0.1) is 12.1 Å². The van der Waals surface area contributed by atoms with Crippen molar-refractivity contribution in [2.75, 3.05) is 18.0 Å². The molecule has 0 aliphatic carbocycles. The minimum atomic E-state index is -1.16. The van der Waals surface area contributed by atoms with E-state index in [1.165, 1.54) is 40.0 Å². The molecule has 0 saturated carbocycles. The van der Waals surface area contributed by atoms with Gasteiger partial charge < -0.3 is 23.6 Å². The molecule has 31 heavy (non-hydrogen) atoms. The molecule has 0 saturated heterocycles. The van der Waals surface area contributed by atoms with Gasteiger partial charge in [-0.1, -0.05) is 23.6 Å². The molecule has 0 radical (unpaired) electrons. The maximum absolute atomic E-state index is 13.1. The zero-order valence-corrected chi connectivity index (χ0v) is 22.0. The van der Waals surface area contributed by atoms with Crippen LogP contribution >= 0.6 is 12.2 Å². The van der Waals surface area contributed by atoms with Crippen LogP contribution in [0.15, 0.2) is 21.7 Å². The van der Waals surface area contributed by atoms with Crippen LogP contribution in [0.1, 0.15) is 41.0 Å². The van der Waals surface area contributed by atoms with Gasteiger partial charge in [-0.2, -0.15) is 16.1 Å². The number of nitrogens with zero attached hydrogens (tertiary/aromatic N) is 5. The Morgan fingerprint density at radius 3 is 1.94 bits per heavy atom. The monoisotopic (exact) mass is 459 g/mol. The molecule has 7 nitrogen and oxygen atoms in total. The average molecular weight is 460 g/mol. The van der Waals surface area contributed by atoms with Crippen LogP contribution in [0, 0.1) is 33.4 Å². The zero-order valence-electron chi connectivity index (χ0n) is 18.0. The molecule has 3 heterocycles. The Hall–Kier alpha value is -1.46. The van der Waals surface area contributed by atoms with Gasteiger partial charge in [-0.3, -0.25) is 0 Å². The number of hydrogen-bond donors (Lipinski definition) is 0. The first-order valence-corrected chi connectivity index (χ1v) is 10.5. The van der Waals surface area contributed by atoms with Crippen molar-refractivity contribution in [2.24, 2.45) is 20.0 Å². The predicted molar refractivity (Wildman–Crippen MR) is 115 cm³/mol. The number of nitriles is 2. The molecule has 0 bridgehead atoms. The molecule has 2 aromatic rings. The molecule has 154 valence electrons. The molecule has 0 amide bonds. The standard InChI is InChI=1S/C22H22N5O2S.K/c1-25-20(28)18(21(29)26(2)22(25)30)17(16(11-23)12-24)15-9-13-5-3-7-27-8-4-6-14(10-15)19(13)27;/h9-10,16-17H,3-8H2,1-2H3;/q-1;+1. The van der Waals surface area contributed by atoms with E-state index in [0.29, 0.717) is 5.56 Å². The summed E-state index contributed by atoms with van der Waals surface area (Å²) in [5.41, 5.74) is 3.11. The van der Waals surface area contributed by atoms with Crippen molar-refractivity contribution < 1.29 is 51.4 Å². The van der Waals surface area contributed by atoms with Gasteiger partial charge in [0.25, 0.3) is 0 Å². The fourth-order valence-electron chi connectivity index (χ4n) is 4.83. The van der Waals surface area contributed by atoms with Crippen molar-refractivity contribution in [3.8, 4) is 12.1 Å². The molecule has 2 aliphatic heterocycles. The van der Waals surface area contributed by atoms with Crippen molar-refractivity contribution in [3.05, 3.63) is 59.9 Å². The van der Waals surface area contributed by atoms with Crippen molar-refractivity contribution in [3.63, 3.8) is 0 Å². The second kappa shape index (κ2) is 9.58. The summed E-state index contributed by atoms with van der Waals surface area (Å²) < 4.78 is 2.57.